The lowest BCUT2D eigenvalue weighted by atomic mass is 10.3. The first-order valence-electron chi connectivity index (χ1n) is 5.47. The van der Waals surface area contributed by atoms with Gasteiger partial charge in [-0.3, -0.25) is 4.68 Å². The molecule has 0 saturated carbocycles. The van der Waals surface area contributed by atoms with Gasteiger partial charge in [-0.15, -0.1) is 0 Å². The fourth-order valence-corrected chi connectivity index (χ4v) is 3.10. The number of aromatic nitrogens is 3. The number of hydrogen-bond acceptors (Lipinski definition) is 2. The largest absolute Gasteiger partial charge is 0.349 e. The van der Waals surface area contributed by atoms with E-state index in [0.29, 0.717) is 27.0 Å². The summed E-state index contributed by atoms with van der Waals surface area (Å²) in [5.74, 6) is 0. The molecule has 0 N–H and O–H groups in total. The van der Waals surface area contributed by atoms with Crippen molar-refractivity contribution in [2.45, 2.75) is 19.5 Å². The standard InChI is InChI=1S/C11H9Cl2N3OS/c12-7-4-8(13)6-9(5-7)16-10(17)14-2-1-3-15(14)11(16)18/h4-6H,1-3H2. The molecule has 2 heterocycles. The molecule has 4 nitrogen and oxygen atoms in total. The van der Waals surface area contributed by atoms with Crippen molar-refractivity contribution in [2.24, 2.45) is 0 Å². The zero-order chi connectivity index (χ0) is 12.9. The van der Waals surface area contributed by atoms with Crippen LogP contribution in [0.25, 0.3) is 5.69 Å². The Morgan fingerprint density at radius 1 is 1.06 bits per heavy atom. The van der Waals surface area contributed by atoms with Crippen molar-refractivity contribution >= 4 is 35.4 Å². The number of rotatable bonds is 1. The monoisotopic (exact) mass is 301 g/mol. The van der Waals surface area contributed by atoms with Crippen LogP contribution in [0.5, 0.6) is 0 Å². The highest BCUT2D eigenvalue weighted by atomic mass is 35.5. The molecule has 3 rings (SSSR count). The van der Waals surface area contributed by atoms with E-state index in [4.69, 9.17) is 35.4 Å². The minimum absolute atomic E-state index is 0.143. The minimum Gasteiger partial charge on any atom is -0.256 e. The number of fused-ring (bicyclic) bond motifs is 1. The summed E-state index contributed by atoms with van der Waals surface area (Å²) in [6, 6.07) is 4.99. The fraction of sp³-hybridized carbons (Fsp3) is 0.273. The van der Waals surface area contributed by atoms with Crippen molar-refractivity contribution in [1.82, 2.24) is 13.9 Å². The van der Waals surface area contributed by atoms with Crippen molar-refractivity contribution < 1.29 is 0 Å². The highest BCUT2D eigenvalue weighted by Crippen LogP contribution is 2.21. The van der Waals surface area contributed by atoms with Gasteiger partial charge in [0.2, 0.25) is 4.77 Å². The molecule has 2 aromatic rings. The summed E-state index contributed by atoms with van der Waals surface area (Å²) in [6.07, 6.45) is 0.940. The first-order chi connectivity index (χ1) is 8.58. The molecule has 1 aliphatic rings. The summed E-state index contributed by atoms with van der Waals surface area (Å²) in [7, 11) is 0. The molecule has 0 bridgehead atoms. The summed E-state index contributed by atoms with van der Waals surface area (Å²) >= 11 is 17.2. The molecule has 0 amide bonds. The molecule has 18 heavy (non-hydrogen) atoms. The van der Waals surface area contributed by atoms with Crippen molar-refractivity contribution in [1.29, 1.82) is 0 Å². The maximum Gasteiger partial charge on any atom is 0.349 e. The summed E-state index contributed by atoms with van der Waals surface area (Å²) in [5.41, 5.74) is 0.465. The molecule has 0 spiro atoms. The number of benzene rings is 1. The molecule has 1 aliphatic heterocycles. The average Bonchev–Trinajstić information content (AvgIpc) is 2.83. The molecule has 0 saturated heterocycles. The molecule has 0 fully saturated rings. The van der Waals surface area contributed by atoms with E-state index in [2.05, 4.69) is 0 Å². The van der Waals surface area contributed by atoms with Crippen LogP contribution in [0.3, 0.4) is 0 Å². The lowest BCUT2D eigenvalue weighted by Crippen LogP contribution is -2.23. The summed E-state index contributed by atoms with van der Waals surface area (Å²) in [5, 5.41) is 0.963. The quantitative estimate of drug-likeness (QED) is 0.759. The van der Waals surface area contributed by atoms with E-state index >= 15 is 0 Å². The lowest BCUT2D eigenvalue weighted by Gasteiger charge is -2.03. The van der Waals surface area contributed by atoms with Crippen LogP contribution in [0.15, 0.2) is 23.0 Å². The molecule has 1 aromatic carbocycles. The van der Waals surface area contributed by atoms with Crippen LogP contribution in [0, 0.1) is 4.77 Å². The van der Waals surface area contributed by atoms with E-state index in [1.807, 2.05) is 4.68 Å². The van der Waals surface area contributed by atoms with E-state index in [1.165, 1.54) is 4.57 Å². The minimum atomic E-state index is -0.143. The smallest absolute Gasteiger partial charge is 0.256 e. The van der Waals surface area contributed by atoms with Crippen LogP contribution in [0.4, 0.5) is 0 Å². The molecular formula is C11H9Cl2N3OS. The summed E-state index contributed by atoms with van der Waals surface area (Å²) in [6.45, 7) is 1.47. The summed E-state index contributed by atoms with van der Waals surface area (Å²) in [4.78, 5) is 12.3. The van der Waals surface area contributed by atoms with Crippen LogP contribution >= 0.6 is 35.4 Å². The Balaban J connectivity index is 2.31. The van der Waals surface area contributed by atoms with Crippen LogP contribution < -0.4 is 5.69 Å². The Morgan fingerprint density at radius 3 is 2.28 bits per heavy atom. The Kier molecular flexibility index (Phi) is 2.84. The van der Waals surface area contributed by atoms with Gasteiger partial charge in [0.15, 0.2) is 0 Å². The van der Waals surface area contributed by atoms with Gasteiger partial charge >= 0.3 is 5.69 Å². The molecular weight excluding hydrogens is 293 g/mol. The normalized spacial score (nSPS) is 13.9. The van der Waals surface area contributed by atoms with E-state index in [1.54, 1.807) is 22.9 Å². The Morgan fingerprint density at radius 2 is 1.67 bits per heavy atom. The first kappa shape index (κ1) is 12.0. The molecule has 94 valence electrons. The SMILES string of the molecule is O=c1n(-c2cc(Cl)cc(Cl)c2)c(=S)n2n1CCC2. The molecule has 0 radical (unpaired) electrons. The van der Waals surface area contributed by atoms with Gasteiger partial charge in [0, 0.05) is 23.1 Å². The lowest BCUT2D eigenvalue weighted by molar-refractivity contribution is 0.588. The second-order valence-electron chi connectivity index (χ2n) is 4.13. The van der Waals surface area contributed by atoms with Gasteiger partial charge in [0.25, 0.3) is 0 Å². The highest BCUT2D eigenvalue weighted by molar-refractivity contribution is 7.71. The number of hydrogen-bond donors (Lipinski definition) is 0. The third-order valence-corrected chi connectivity index (χ3v) is 3.79. The molecule has 0 unspecified atom stereocenters. The topological polar surface area (TPSA) is 31.9 Å². The number of nitrogens with zero attached hydrogens (tertiary/aromatic N) is 3. The van der Waals surface area contributed by atoms with Crippen LogP contribution in [0.1, 0.15) is 6.42 Å². The highest BCUT2D eigenvalue weighted by Gasteiger charge is 2.18. The Bertz CT molecular complexity index is 688. The van der Waals surface area contributed by atoms with E-state index in [-0.39, 0.29) is 5.69 Å². The van der Waals surface area contributed by atoms with Crippen molar-refractivity contribution in [3.63, 3.8) is 0 Å². The van der Waals surface area contributed by atoms with Crippen molar-refractivity contribution in [2.75, 3.05) is 0 Å². The molecule has 0 atom stereocenters. The van der Waals surface area contributed by atoms with Gasteiger partial charge in [0.1, 0.15) is 0 Å². The molecule has 1 aromatic heterocycles. The maximum absolute atomic E-state index is 12.3. The molecule has 0 aliphatic carbocycles. The van der Waals surface area contributed by atoms with E-state index in [0.717, 1.165) is 13.0 Å². The van der Waals surface area contributed by atoms with Crippen LogP contribution in [-0.4, -0.2) is 13.9 Å². The second-order valence-corrected chi connectivity index (χ2v) is 5.37. The second kappa shape index (κ2) is 4.26. The predicted octanol–water partition coefficient (Wildman–Crippen LogP) is 2.88. The zero-order valence-electron chi connectivity index (χ0n) is 9.27. The van der Waals surface area contributed by atoms with Crippen LogP contribution in [0.2, 0.25) is 10.0 Å². The van der Waals surface area contributed by atoms with Gasteiger partial charge < -0.3 is 0 Å². The third kappa shape index (κ3) is 1.74. The van der Waals surface area contributed by atoms with E-state index in [9.17, 15) is 4.79 Å². The Labute approximate surface area is 118 Å². The van der Waals surface area contributed by atoms with Gasteiger partial charge in [0.05, 0.1) is 5.69 Å². The Hall–Kier alpha value is -1.04. The maximum atomic E-state index is 12.3. The van der Waals surface area contributed by atoms with Crippen molar-refractivity contribution in [3.05, 3.63) is 43.5 Å². The third-order valence-electron chi connectivity index (χ3n) is 2.96. The fourth-order valence-electron chi connectivity index (χ4n) is 2.21. The van der Waals surface area contributed by atoms with Gasteiger partial charge in [-0.05, 0) is 36.8 Å². The summed E-state index contributed by atoms with van der Waals surface area (Å²) < 4.78 is 5.41. The van der Waals surface area contributed by atoms with Crippen molar-refractivity contribution in [3.8, 4) is 5.69 Å². The van der Waals surface area contributed by atoms with Gasteiger partial charge in [-0.25, -0.2) is 14.0 Å². The zero-order valence-corrected chi connectivity index (χ0v) is 11.6. The first-order valence-corrected chi connectivity index (χ1v) is 6.63. The average molecular weight is 302 g/mol. The number of halogens is 2. The van der Waals surface area contributed by atoms with Crippen LogP contribution in [-0.2, 0) is 13.1 Å². The predicted molar refractivity (Wildman–Crippen MR) is 73.5 cm³/mol. The molecule has 7 heteroatoms. The van der Waals surface area contributed by atoms with Gasteiger partial charge in [-0.2, -0.15) is 0 Å². The van der Waals surface area contributed by atoms with E-state index < -0.39 is 0 Å². The van der Waals surface area contributed by atoms with Gasteiger partial charge in [-0.1, -0.05) is 23.2 Å².